The zero-order valence-corrected chi connectivity index (χ0v) is 10.3. The van der Waals surface area contributed by atoms with Crippen molar-refractivity contribution in [3.8, 4) is 5.75 Å². The molecule has 0 radical (unpaired) electrons. The van der Waals surface area contributed by atoms with Crippen LogP contribution in [0.25, 0.3) is 0 Å². The van der Waals surface area contributed by atoms with Crippen LogP contribution in [0.1, 0.15) is 23.6 Å². The Balaban J connectivity index is 2.02. The molecule has 1 aliphatic carbocycles. The second-order valence-electron chi connectivity index (χ2n) is 4.58. The van der Waals surface area contributed by atoms with Crippen molar-refractivity contribution >= 4 is 5.91 Å². The Morgan fingerprint density at radius 1 is 1.53 bits per heavy atom. The molecule has 0 unspecified atom stereocenters. The number of nitrogens with zero attached hydrogens (tertiary/aromatic N) is 1. The molecule has 0 saturated heterocycles. The summed E-state index contributed by atoms with van der Waals surface area (Å²) < 4.78 is 5.46. The zero-order valence-electron chi connectivity index (χ0n) is 10.3. The van der Waals surface area contributed by atoms with E-state index in [2.05, 4.69) is 0 Å². The number of amides is 1. The van der Waals surface area contributed by atoms with E-state index in [-0.39, 0.29) is 18.6 Å². The van der Waals surface area contributed by atoms with Crippen molar-refractivity contribution in [2.75, 3.05) is 20.7 Å². The molecule has 1 amide bonds. The van der Waals surface area contributed by atoms with E-state index in [4.69, 9.17) is 10.5 Å². The summed E-state index contributed by atoms with van der Waals surface area (Å²) in [6.45, 7) is 0.0812. The van der Waals surface area contributed by atoms with E-state index in [1.807, 2.05) is 18.2 Å². The van der Waals surface area contributed by atoms with Crippen molar-refractivity contribution in [1.82, 2.24) is 4.90 Å². The van der Waals surface area contributed by atoms with Gasteiger partial charge >= 0.3 is 0 Å². The van der Waals surface area contributed by atoms with Gasteiger partial charge in [0.1, 0.15) is 5.75 Å². The van der Waals surface area contributed by atoms with E-state index in [0.717, 1.165) is 18.6 Å². The lowest BCUT2D eigenvalue weighted by molar-refractivity contribution is -0.130. The van der Waals surface area contributed by atoms with E-state index in [0.29, 0.717) is 0 Å². The van der Waals surface area contributed by atoms with Crippen LogP contribution in [-0.2, 0) is 11.2 Å². The number of nitrogens with two attached hydrogens (primary N) is 1. The van der Waals surface area contributed by atoms with Gasteiger partial charge in [-0.25, -0.2) is 0 Å². The first-order valence-electron chi connectivity index (χ1n) is 5.79. The second-order valence-corrected chi connectivity index (χ2v) is 4.58. The molecule has 4 nitrogen and oxygen atoms in total. The summed E-state index contributed by atoms with van der Waals surface area (Å²) in [5, 5.41) is 0. The van der Waals surface area contributed by atoms with Crippen molar-refractivity contribution in [2.24, 2.45) is 5.73 Å². The van der Waals surface area contributed by atoms with Crippen LogP contribution in [0.2, 0.25) is 0 Å². The first kappa shape index (κ1) is 11.9. The fraction of sp³-hybridized carbons (Fsp3) is 0.462. The number of fused-ring (bicyclic) bond motifs is 1. The molecule has 92 valence electrons. The Kier molecular flexibility index (Phi) is 3.33. The molecule has 1 aromatic carbocycles. The number of ether oxygens (including phenoxy) is 1. The molecule has 1 atom stereocenters. The van der Waals surface area contributed by atoms with Crippen LogP contribution in [0, 0.1) is 0 Å². The minimum atomic E-state index is -0.0396. The van der Waals surface area contributed by atoms with Crippen molar-refractivity contribution < 1.29 is 9.53 Å². The summed E-state index contributed by atoms with van der Waals surface area (Å²) in [5.74, 6) is 0.704. The lowest BCUT2D eigenvalue weighted by Gasteiger charge is -2.12. The predicted octanol–water partition coefficient (Wildman–Crippen LogP) is 1.10. The smallest absolute Gasteiger partial charge is 0.259 e. The van der Waals surface area contributed by atoms with Gasteiger partial charge in [0.25, 0.3) is 5.91 Å². The highest BCUT2D eigenvalue weighted by atomic mass is 16.5. The van der Waals surface area contributed by atoms with Crippen LogP contribution in [0.5, 0.6) is 5.75 Å². The highest BCUT2D eigenvalue weighted by molar-refractivity contribution is 5.77. The van der Waals surface area contributed by atoms with Gasteiger partial charge < -0.3 is 15.4 Å². The molecule has 1 aromatic rings. The van der Waals surface area contributed by atoms with Crippen molar-refractivity contribution in [3.05, 3.63) is 29.3 Å². The number of likely N-dealkylation sites (N-methyl/N-ethyl adjacent to an activating group) is 1. The maximum atomic E-state index is 11.4. The van der Waals surface area contributed by atoms with Crippen molar-refractivity contribution in [2.45, 2.75) is 18.9 Å². The van der Waals surface area contributed by atoms with E-state index in [1.54, 1.807) is 14.1 Å². The summed E-state index contributed by atoms with van der Waals surface area (Å²) in [6, 6.07) is 6.03. The van der Waals surface area contributed by atoms with Gasteiger partial charge in [0.05, 0.1) is 0 Å². The number of hydrogen-bond donors (Lipinski definition) is 1. The van der Waals surface area contributed by atoms with Crippen LogP contribution in [0.3, 0.4) is 0 Å². The molecule has 1 aliphatic rings. The second kappa shape index (κ2) is 4.75. The first-order chi connectivity index (χ1) is 8.08. The van der Waals surface area contributed by atoms with E-state index in [9.17, 15) is 4.79 Å². The maximum absolute atomic E-state index is 11.4. The highest BCUT2D eigenvalue weighted by Gasteiger charge is 2.19. The van der Waals surface area contributed by atoms with Crippen LogP contribution in [0.15, 0.2) is 18.2 Å². The molecule has 0 fully saturated rings. The average molecular weight is 234 g/mol. The summed E-state index contributed by atoms with van der Waals surface area (Å²) in [5.41, 5.74) is 8.40. The Bertz CT molecular complexity index is 429. The van der Waals surface area contributed by atoms with Gasteiger partial charge in [-0.2, -0.15) is 0 Å². The van der Waals surface area contributed by atoms with Gasteiger partial charge in [0.2, 0.25) is 0 Å². The fourth-order valence-corrected chi connectivity index (χ4v) is 1.99. The van der Waals surface area contributed by atoms with Gasteiger partial charge in [-0.15, -0.1) is 0 Å². The Hall–Kier alpha value is -1.55. The number of carbonyl (C=O) groups is 1. The van der Waals surface area contributed by atoms with Gasteiger partial charge in [0.15, 0.2) is 6.61 Å². The third-order valence-corrected chi connectivity index (χ3v) is 3.10. The molecular weight excluding hydrogens is 216 g/mol. The topological polar surface area (TPSA) is 55.6 Å². The summed E-state index contributed by atoms with van der Waals surface area (Å²) in [6.07, 6.45) is 1.99. The number of aryl methyl sites for hydroxylation is 1. The van der Waals surface area contributed by atoms with Gasteiger partial charge in [-0.3, -0.25) is 4.79 Å². The molecule has 0 heterocycles. The van der Waals surface area contributed by atoms with Gasteiger partial charge in [-0.05, 0) is 36.1 Å². The van der Waals surface area contributed by atoms with Crippen LogP contribution >= 0.6 is 0 Å². The monoisotopic (exact) mass is 234 g/mol. The van der Waals surface area contributed by atoms with E-state index < -0.39 is 0 Å². The van der Waals surface area contributed by atoms with Gasteiger partial charge in [-0.1, -0.05) is 6.07 Å². The number of hydrogen-bond acceptors (Lipinski definition) is 3. The normalized spacial score (nSPS) is 17.7. The minimum absolute atomic E-state index is 0.0396. The maximum Gasteiger partial charge on any atom is 0.259 e. The van der Waals surface area contributed by atoms with E-state index in [1.165, 1.54) is 16.0 Å². The summed E-state index contributed by atoms with van der Waals surface area (Å²) in [7, 11) is 3.43. The molecular formula is C13H18N2O2. The Labute approximate surface area is 101 Å². The molecule has 4 heteroatoms. The molecule has 0 spiro atoms. The quantitative estimate of drug-likeness (QED) is 0.852. The molecule has 2 N–H and O–H groups in total. The average Bonchev–Trinajstić information content (AvgIpc) is 2.67. The third kappa shape index (κ3) is 2.58. The predicted molar refractivity (Wildman–Crippen MR) is 65.9 cm³/mol. The van der Waals surface area contributed by atoms with Crippen LogP contribution in [-0.4, -0.2) is 31.5 Å². The number of rotatable bonds is 3. The van der Waals surface area contributed by atoms with Gasteiger partial charge in [0, 0.05) is 20.1 Å². The first-order valence-corrected chi connectivity index (χ1v) is 5.79. The molecule has 0 aromatic heterocycles. The number of benzene rings is 1. The molecule has 0 aliphatic heterocycles. The molecule has 17 heavy (non-hydrogen) atoms. The summed E-state index contributed by atoms with van der Waals surface area (Å²) >= 11 is 0. The van der Waals surface area contributed by atoms with Crippen molar-refractivity contribution in [1.29, 1.82) is 0 Å². The third-order valence-electron chi connectivity index (χ3n) is 3.10. The summed E-state index contributed by atoms with van der Waals surface area (Å²) in [4.78, 5) is 12.9. The molecule has 2 rings (SSSR count). The SMILES string of the molecule is CN(C)C(=O)COc1ccc2c(c1)CC[C@@H]2N. The minimum Gasteiger partial charge on any atom is -0.484 e. The largest absolute Gasteiger partial charge is 0.484 e. The Morgan fingerprint density at radius 2 is 2.29 bits per heavy atom. The lowest BCUT2D eigenvalue weighted by Crippen LogP contribution is -2.27. The van der Waals surface area contributed by atoms with Crippen LogP contribution < -0.4 is 10.5 Å². The number of carbonyl (C=O) groups excluding carboxylic acids is 1. The fourth-order valence-electron chi connectivity index (χ4n) is 1.99. The lowest BCUT2D eigenvalue weighted by atomic mass is 10.1. The van der Waals surface area contributed by atoms with Crippen molar-refractivity contribution in [3.63, 3.8) is 0 Å². The standard InChI is InChI=1S/C13H18N2O2/c1-15(2)13(16)8-17-10-4-5-11-9(7-10)3-6-12(11)14/h4-5,7,12H,3,6,8,14H2,1-2H3/t12-/m0/s1. The molecule has 0 bridgehead atoms. The van der Waals surface area contributed by atoms with E-state index >= 15 is 0 Å². The van der Waals surface area contributed by atoms with Crippen LogP contribution in [0.4, 0.5) is 0 Å². The molecule has 0 saturated carbocycles. The highest BCUT2D eigenvalue weighted by Crippen LogP contribution is 2.31. The Morgan fingerprint density at radius 3 is 3.00 bits per heavy atom. The zero-order chi connectivity index (χ0) is 12.4.